The lowest BCUT2D eigenvalue weighted by molar-refractivity contribution is 0.793. The molecule has 0 aliphatic heterocycles. The predicted octanol–water partition coefficient (Wildman–Crippen LogP) is 14.2. The van der Waals surface area contributed by atoms with E-state index in [0.717, 1.165) is 33.8 Å². The molecule has 3 nitrogen and oxygen atoms in total. The van der Waals surface area contributed by atoms with Crippen LogP contribution in [0, 0.1) is 0 Å². The van der Waals surface area contributed by atoms with Gasteiger partial charge in [0.25, 0.3) is 0 Å². The van der Waals surface area contributed by atoms with E-state index in [-0.39, 0.29) is 0 Å². The lowest BCUT2D eigenvalue weighted by Gasteiger charge is -2.32. The van der Waals surface area contributed by atoms with Gasteiger partial charge in [-0.25, -0.2) is 0 Å². The number of rotatable bonds is 4. The molecule has 11 aromatic rings. The summed E-state index contributed by atoms with van der Waals surface area (Å²) in [6.45, 7) is 0. The molecule has 0 radical (unpaired) electrons. The average Bonchev–Trinajstić information content (AvgIpc) is 4.00. The van der Waals surface area contributed by atoms with Crippen molar-refractivity contribution in [1.29, 1.82) is 0 Å². The highest BCUT2D eigenvalue weighted by atomic mass is 15.1. The molecule has 0 saturated heterocycles. The molecule has 13 rings (SSSR count). The summed E-state index contributed by atoms with van der Waals surface area (Å²) in [7, 11) is 0. The third-order valence-corrected chi connectivity index (χ3v) is 12.9. The highest BCUT2D eigenvalue weighted by molar-refractivity contribution is 6.11. The number of para-hydroxylation sites is 3. The van der Waals surface area contributed by atoms with Crippen molar-refractivity contribution in [3.05, 3.63) is 229 Å². The zero-order valence-electron chi connectivity index (χ0n) is 31.5. The molecule has 0 bridgehead atoms. The number of fused-ring (bicyclic) bond motifs is 16. The van der Waals surface area contributed by atoms with E-state index in [9.17, 15) is 0 Å². The zero-order valence-corrected chi connectivity index (χ0v) is 31.5. The summed E-state index contributed by atoms with van der Waals surface area (Å²) >= 11 is 0. The fourth-order valence-electron chi connectivity index (χ4n) is 10.6. The molecular formula is C55H35N3. The summed E-state index contributed by atoms with van der Waals surface area (Å²) < 4.78 is 2.41. The van der Waals surface area contributed by atoms with E-state index in [4.69, 9.17) is 0 Å². The van der Waals surface area contributed by atoms with Gasteiger partial charge in [-0.2, -0.15) is 0 Å². The largest absolute Gasteiger partial charge is 0.354 e. The molecule has 0 fully saturated rings. The van der Waals surface area contributed by atoms with Crippen LogP contribution in [0.15, 0.2) is 206 Å². The van der Waals surface area contributed by atoms with Gasteiger partial charge in [0.1, 0.15) is 0 Å². The lowest BCUT2D eigenvalue weighted by Crippen LogP contribution is -2.26. The first-order valence-corrected chi connectivity index (χ1v) is 20.1. The molecular weight excluding hydrogens is 703 g/mol. The molecule has 3 heteroatoms. The molecule has 2 aliphatic rings. The lowest BCUT2D eigenvalue weighted by atomic mass is 9.70. The Labute approximate surface area is 335 Å². The summed E-state index contributed by atoms with van der Waals surface area (Å²) in [5.74, 6) is 0. The average molecular weight is 738 g/mol. The van der Waals surface area contributed by atoms with Crippen LogP contribution in [0.3, 0.4) is 0 Å². The second-order valence-corrected chi connectivity index (χ2v) is 15.7. The Kier molecular flexibility index (Phi) is 6.37. The van der Waals surface area contributed by atoms with Gasteiger partial charge in [-0.15, -0.1) is 0 Å². The highest BCUT2D eigenvalue weighted by Crippen LogP contribution is 2.63. The number of hydrogen-bond donors (Lipinski definition) is 1. The molecule has 2 heterocycles. The van der Waals surface area contributed by atoms with Crippen LogP contribution >= 0.6 is 0 Å². The minimum atomic E-state index is -0.439. The Bertz CT molecular complexity index is 3410. The fourth-order valence-corrected chi connectivity index (χ4v) is 10.6. The molecule has 0 amide bonds. The van der Waals surface area contributed by atoms with Crippen molar-refractivity contribution >= 4 is 60.7 Å². The van der Waals surface area contributed by atoms with Gasteiger partial charge in [0, 0.05) is 55.3 Å². The van der Waals surface area contributed by atoms with Gasteiger partial charge in [0.05, 0.1) is 16.4 Å². The van der Waals surface area contributed by atoms with Gasteiger partial charge in [-0.05, 0) is 105 Å². The molecule has 0 unspecified atom stereocenters. The van der Waals surface area contributed by atoms with Crippen LogP contribution in [0.25, 0.3) is 71.6 Å². The maximum Gasteiger partial charge on any atom is 0.0726 e. The van der Waals surface area contributed by atoms with Crippen LogP contribution in [0.1, 0.15) is 22.3 Å². The van der Waals surface area contributed by atoms with E-state index in [1.165, 1.54) is 77.1 Å². The molecule has 0 saturated carbocycles. The third-order valence-electron chi connectivity index (χ3n) is 12.9. The van der Waals surface area contributed by atoms with Crippen molar-refractivity contribution in [3.8, 4) is 27.9 Å². The molecule has 270 valence electrons. The van der Waals surface area contributed by atoms with E-state index < -0.39 is 5.41 Å². The number of hydrogen-bond acceptors (Lipinski definition) is 1. The number of nitrogens with one attached hydrogen (secondary N) is 1. The van der Waals surface area contributed by atoms with Crippen LogP contribution in [0.4, 0.5) is 17.1 Å². The Morgan fingerprint density at radius 3 is 1.57 bits per heavy atom. The quantitative estimate of drug-likeness (QED) is 0.191. The summed E-state index contributed by atoms with van der Waals surface area (Å²) in [5.41, 5.74) is 19.2. The smallest absolute Gasteiger partial charge is 0.0726 e. The number of aromatic amines is 1. The van der Waals surface area contributed by atoms with Crippen molar-refractivity contribution in [2.45, 2.75) is 5.41 Å². The van der Waals surface area contributed by atoms with Gasteiger partial charge < -0.3 is 14.5 Å². The van der Waals surface area contributed by atoms with Crippen molar-refractivity contribution in [2.75, 3.05) is 4.90 Å². The first-order chi connectivity index (χ1) is 28.8. The van der Waals surface area contributed by atoms with Crippen LogP contribution in [-0.2, 0) is 5.41 Å². The summed E-state index contributed by atoms with van der Waals surface area (Å²) in [5, 5.41) is 4.94. The third kappa shape index (κ3) is 4.12. The van der Waals surface area contributed by atoms with Crippen molar-refractivity contribution < 1.29 is 0 Å². The van der Waals surface area contributed by atoms with Crippen molar-refractivity contribution in [1.82, 2.24) is 9.55 Å². The minimum Gasteiger partial charge on any atom is -0.354 e. The molecule has 1 N–H and O–H groups in total. The molecule has 58 heavy (non-hydrogen) atoms. The van der Waals surface area contributed by atoms with E-state index in [1.54, 1.807) is 0 Å². The van der Waals surface area contributed by atoms with Gasteiger partial charge in [-0.3, -0.25) is 0 Å². The van der Waals surface area contributed by atoms with Gasteiger partial charge in [-0.1, -0.05) is 146 Å². The fraction of sp³-hybridized carbons (Fsp3) is 0.0182. The zero-order chi connectivity index (χ0) is 38.0. The van der Waals surface area contributed by atoms with E-state index >= 15 is 0 Å². The predicted molar refractivity (Wildman–Crippen MR) is 241 cm³/mol. The maximum absolute atomic E-state index is 3.74. The second-order valence-electron chi connectivity index (χ2n) is 15.7. The number of aromatic nitrogens is 2. The van der Waals surface area contributed by atoms with Crippen LogP contribution in [0.5, 0.6) is 0 Å². The van der Waals surface area contributed by atoms with Crippen molar-refractivity contribution in [3.63, 3.8) is 0 Å². The van der Waals surface area contributed by atoms with Crippen molar-refractivity contribution in [2.24, 2.45) is 0 Å². The normalized spacial score (nSPS) is 13.3. The molecule has 2 aromatic heterocycles. The maximum atomic E-state index is 3.74. The Morgan fingerprint density at radius 2 is 0.845 bits per heavy atom. The highest BCUT2D eigenvalue weighted by Gasteiger charge is 2.51. The SMILES string of the molecule is c1ccc(-n2c3ccccc3c3ccc(N(c4ccc5c(c4)C4(c6ccccc6-c6ccccc64)c4ccccc4-5)c4ccc5c(c4)[nH]c4ccccc45)cc32)cc1. The molecule has 1 spiro atoms. The first kappa shape index (κ1) is 31.6. The van der Waals surface area contributed by atoms with Crippen LogP contribution in [-0.4, -0.2) is 9.55 Å². The topological polar surface area (TPSA) is 24.0 Å². The second kappa shape index (κ2) is 11.7. The van der Waals surface area contributed by atoms with E-state index in [2.05, 4.69) is 221 Å². The minimum absolute atomic E-state index is 0.439. The number of nitrogens with zero attached hydrogens (tertiary/aromatic N) is 2. The van der Waals surface area contributed by atoms with Crippen LogP contribution < -0.4 is 4.90 Å². The Hall–Kier alpha value is -7.62. The van der Waals surface area contributed by atoms with Gasteiger partial charge in [0.2, 0.25) is 0 Å². The Morgan fingerprint density at radius 1 is 0.345 bits per heavy atom. The van der Waals surface area contributed by atoms with E-state index in [1.807, 2.05) is 0 Å². The molecule has 2 aliphatic carbocycles. The van der Waals surface area contributed by atoms with Gasteiger partial charge in [0.15, 0.2) is 0 Å². The standard InChI is InChI=1S/C55H35N3/c1-2-14-35(15-3-1)58-53-25-13-8-20-45(53)46-31-28-38(34-54(46)58)57(37-27-30-44-43-19-7-12-24-51(43)56-52(44)33-37)36-26-29-42-41-18-6-11-23-49(41)55(50(42)32-36)47-21-9-4-16-39(47)40-17-5-10-22-48(40)55/h1-34,56H. The number of benzene rings is 9. The number of H-pyrrole nitrogens is 1. The summed E-state index contributed by atoms with van der Waals surface area (Å²) in [4.78, 5) is 6.20. The van der Waals surface area contributed by atoms with Gasteiger partial charge >= 0.3 is 0 Å². The molecule has 9 aromatic carbocycles. The van der Waals surface area contributed by atoms with Crippen LogP contribution in [0.2, 0.25) is 0 Å². The summed E-state index contributed by atoms with van der Waals surface area (Å²) in [6.07, 6.45) is 0. The van der Waals surface area contributed by atoms with E-state index in [0.29, 0.717) is 0 Å². The number of anilines is 3. The monoisotopic (exact) mass is 737 g/mol. The first-order valence-electron chi connectivity index (χ1n) is 20.1. The summed E-state index contributed by atoms with van der Waals surface area (Å²) in [6, 6.07) is 76.3. The molecule has 0 atom stereocenters. The Balaban J connectivity index is 1.10.